The topological polar surface area (TPSA) is 58.4 Å². The van der Waals surface area contributed by atoms with Crippen molar-refractivity contribution in [3.05, 3.63) is 29.8 Å². The molecule has 0 fully saturated rings. The minimum atomic E-state index is -0.715. The van der Waals surface area contributed by atoms with Crippen LogP contribution in [-0.2, 0) is 4.79 Å². The molecule has 0 aromatic heterocycles. The van der Waals surface area contributed by atoms with Crippen molar-refractivity contribution in [3.63, 3.8) is 0 Å². The molecule has 0 saturated heterocycles. The van der Waals surface area contributed by atoms with Gasteiger partial charge in [-0.2, -0.15) is 0 Å². The van der Waals surface area contributed by atoms with Gasteiger partial charge in [-0.15, -0.1) is 0 Å². The minimum Gasteiger partial charge on any atom is -0.372 e. The summed E-state index contributed by atoms with van der Waals surface area (Å²) in [7, 11) is 1.98. The molecule has 1 atom stereocenters. The number of para-hydroxylation sites is 1. The number of primary amides is 1. The molecule has 0 aliphatic carbocycles. The highest BCUT2D eigenvalue weighted by Gasteiger charge is 2.31. The van der Waals surface area contributed by atoms with Crippen LogP contribution in [0.4, 0.5) is 5.69 Å². The van der Waals surface area contributed by atoms with Crippen molar-refractivity contribution in [2.24, 2.45) is 5.73 Å². The summed E-state index contributed by atoms with van der Waals surface area (Å²) in [5, 5.41) is 3.25. The molecule has 1 aromatic rings. The van der Waals surface area contributed by atoms with Gasteiger partial charge in [-0.05, 0) is 38.4 Å². The lowest BCUT2D eigenvalue weighted by Gasteiger charge is -2.33. The summed E-state index contributed by atoms with van der Waals surface area (Å²) in [5.74, 6) is -0.318. The Morgan fingerprint density at radius 2 is 2.05 bits per heavy atom. The van der Waals surface area contributed by atoms with E-state index in [9.17, 15) is 4.79 Å². The number of nitrogens with two attached hydrogens (primary N) is 1. The molecule has 0 spiro atoms. The fraction of sp³-hybridized carbons (Fsp3) is 0.533. The highest BCUT2D eigenvalue weighted by Crippen LogP contribution is 2.20. The number of carbonyl (C=O) groups is 1. The number of likely N-dealkylation sites (N-methyl/N-ethyl adjacent to an activating group) is 1. The fourth-order valence-corrected chi connectivity index (χ4v) is 2.17. The molecule has 0 saturated carbocycles. The van der Waals surface area contributed by atoms with Crippen molar-refractivity contribution in [2.45, 2.75) is 32.7 Å². The highest BCUT2D eigenvalue weighted by atomic mass is 16.1. The summed E-state index contributed by atoms with van der Waals surface area (Å²) in [4.78, 5) is 13.8. The molecular weight excluding hydrogens is 238 g/mol. The van der Waals surface area contributed by atoms with E-state index in [0.29, 0.717) is 6.54 Å². The Morgan fingerprint density at radius 3 is 2.58 bits per heavy atom. The van der Waals surface area contributed by atoms with Gasteiger partial charge in [0, 0.05) is 19.3 Å². The van der Waals surface area contributed by atoms with Crippen molar-refractivity contribution in [3.8, 4) is 0 Å². The maximum Gasteiger partial charge on any atom is 0.239 e. The number of hydrogen-bond acceptors (Lipinski definition) is 3. The standard InChI is InChI=1S/C15H25N3O/c1-5-10-17-15(3,14(16)19)11-18(4)13-9-7-6-8-12(13)2/h6-9,17H,5,10-11H2,1-4H3,(H2,16,19). The first-order chi connectivity index (χ1) is 8.90. The van der Waals surface area contributed by atoms with Gasteiger partial charge in [0.1, 0.15) is 5.54 Å². The first kappa shape index (κ1) is 15.5. The summed E-state index contributed by atoms with van der Waals surface area (Å²) < 4.78 is 0. The summed E-state index contributed by atoms with van der Waals surface area (Å²) in [6.45, 7) is 7.32. The van der Waals surface area contributed by atoms with Gasteiger partial charge in [0.25, 0.3) is 0 Å². The lowest BCUT2D eigenvalue weighted by molar-refractivity contribution is -0.123. The summed E-state index contributed by atoms with van der Waals surface area (Å²) in [6.07, 6.45) is 0.969. The average molecular weight is 263 g/mol. The van der Waals surface area contributed by atoms with Gasteiger partial charge in [-0.1, -0.05) is 25.1 Å². The van der Waals surface area contributed by atoms with Gasteiger partial charge >= 0.3 is 0 Å². The van der Waals surface area contributed by atoms with E-state index in [1.54, 1.807) is 0 Å². The Kier molecular flexibility index (Phi) is 5.36. The van der Waals surface area contributed by atoms with Crippen LogP contribution in [0.5, 0.6) is 0 Å². The second-order valence-electron chi connectivity index (χ2n) is 5.27. The minimum absolute atomic E-state index is 0.318. The first-order valence-electron chi connectivity index (χ1n) is 6.72. The van der Waals surface area contributed by atoms with Crippen molar-refractivity contribution in [2.75, 3.05) is 25.0 Å². The van der Waals surface area contributed by atoms with E-state index >= 15 is 0 Å². The third-order valence-electron chi connectivity index (χ3n) is 3.39. The molecule has 0 bridgehead atoms. The van der Waals surface area contributed by atoms with Crippen LogP contribution in [0, 0.1) is 6.92 Å². The third kappa shape index (κ3) is 3.96. The summed E-state index contributed by atoms with van der Waals surface area (Å²) in [5.41, 5.74) is 7.14. The largest absolute Gasteiger partial charge is 0.372 e. The lowest BCUT2D eigenvalue weighted by Crippen LogP contribution is -2.59. The Hall–Kier alpha value is -1.55. The Balaban J connectivity index is 2.85. The number of nitrogens with zero attached hydrogens (tertiary/aromatic N) is 1. The van der Waals surface area contributed by atoms with Crippen LogP contribution in [-0.4, -0.2) is 31.6 Å². The maximum absolute atomic E-state index is 11.7. The third-order valence-corrected chi connectivity index (χ3v) is 3.39. The molecule has 0 aliphatic rings. The van der Waals surface area contributed by atoms with Gasteiger partial charge in [0.15, 0.2) is 0 Å². The molecule has 4 nitrogen and oxygen atoms in total. The monoisotopic (exact) mass is 263 g/mol. The van der Waals surface area contributed by atoms with Crippen LogP contribution in [0.2, 0.25) is 0 Å². The van der Waals surface area contributed by atoms with E-state index in [-0.39, 0.29) is 5.91 Å². The molecular formula is C15H25N3O. The van der Waals surface area contributed by atoms with Crippen LogP contribution in [0.25, 0.3) is 0 Å². The van der Waals surface area contributed by atoms with Crippen LogP contribution in [0.15, 0.2) is 24.3 Å². The molecule has 1 aromatic carbocycles. The van der Waals surface area contributed by atoms with E-state index in [0.717, 1.165) is 18.7 Å². The molecule has 1 unspecified atom stereocenters. The normalized spacial score (nSPS) is 13.9. The van der Waals surface area contributed by atoms with Crippen LogP contribution < -0.4 is 16.0 Å². The van der Waals surface area contributed by atoms with Crippen LogP contribution in [0.1, 0.15) is 25.8 Å². The van der Waals surface area contributed by atoms with Crippen molar-refractivity contribution in [1.82, 2.24) is 5.32 Å². The second kappa shape index (κ2) is 6.57. The van der Waals surface area contributed by atoms with Gasteiger partial charge in [0.05, 0.1) is 0 Å². The van der Waals surface area contributed by atoms with E-state index < -0.39 is 5.54 Å². The number of rotatable bonds is 7. The van der Waals surface area contributed by atoms with Crippen molar-refractivity contribution >= 4 is 11.6 Å². The number of anilines is 1. The molecule has 0 aliphatic heterocycles. The number of amides is 1. The van der Waals surface area contributed by atoms with Crippen molar-refractivity contribution in [1.29, 1.82) is 0 Å². The molecule has 1 amide bonds. The SMILES string of the molecule is CCCNC(C)(CN(C)c1ccccc1C)C(N)=O. The number of hydrogen-bond donors (Lipinski definition) is 2. The molecule has 4 heteroatoms. The predicted octanol–water partition coefficient (Wildman–Crippen LogP) is 1.67. The smallest absolute Gasteiger partial charge is 0.239 e. The Labute approximate surface area is 116 Å². The molecule has 3 N–H and O–H groups in total. The van der Waals surface area contributed by atoms with Gasteiger partial charge < -0.3 is 16.0 Å². The predicted molar refractivity (Wildman–Crippen MR) is 80.3 cm³/mol. The number of carbonyl (C=O) groups excluding carboxylic acids is 1. The zero-order valence-corrected chi connectivity index (χ0v) is 12.4. The second-order valence-corrected chi connectivity index (χ2v) is 5.27. The zero-order valence-electron chi connectivity index (χ0n) is 12.4. The van der Waals surface area contributed by atoms with Gasteiger partial charge in [-0.25, -0.2) is 0 Å². The highest BCUT2D eigenvalue weighted by molar-refractivity contribution is 5.85. The molecule has 1 rings (SSSR count). The maximum atomic E-state index is 11.7. The van der Waals surface area contributed by atoms with Crippen LogP contribution in [0.3, 0.4) is 0 Å². The van der Waals surface area contributed by atoms with Crippen LogP contribution >= 0.6 is 0 Å². The summed E-state index contributed by atoms with van der Waals surface area (Å²) >= 11 is 0. The fourth-order valence-electron chi connectivity index (χ4n) is 2.17. The van der Waals surface area contributed by atoms with Gasteiger partial charge in [-0.3, -0.25) is 4.79 Å². The Morgan fingerprint density at radius 1 is 1.42 bits per heavy atom. The average Bonchev–Trinajstić information content (AvgIpc) is 2.36. The molecule has 19 heavy (non-hydrogen) atoms. The molecule has 0 radical (unpaired) electrons. The first-order valence-corrected chi connectivity index (χ1v) is 6.72. The zero-order chi connectivity index (χ0) is 14.5. The van der Waals surface area contributed by atoms with Gasteiger partial charge in [0.2, 0.25) is 5.91 Å². The molecule has 106 valence electrons. The molecule has 0 heterocycles. The number of aryl methyl sites for hydroxylation is 1. The quantitative estimate of drug-likeness (QED) is 0.787. The van der Waals surface area contributed by atoms with E-state index in [4.69, 9.17) is 5.73 Å². The lowest BCUT2D eigenvalue weighted by atomic mass is 10.00. The van der Waals surface area contributed by atoms with Crippen molar-refractivity contribution < 1.29 is 4.79 Å². The van der Waals surface area contributed by atoms with E-state index in [2.05, 4.69) is 36.2 Å². The van der Waals surface area contributed by atoms with E-state index in [1.165, 1.54) is 5.56 Å². The number of benzene rings is 1. The Bertz CT molecular complexity index is 433. The number of nitrogens with one attached hydrogen (secondary N) is 1. The summed E-state index contributed by atoms with van der Waals surface area (Å²) in [6, 6.07) is 8.12. The van der Waals surface area contributed by atoms with E-state index in [1.807, 2.05) is 26.1 Å².